The molecule has 3 aromatic rings. The topological polar surface area (TPSA) is 91.0 Å². The minimum atomic E-state index is -0.108. The highest BCUT2D eigenvalue weighted by atomic mass is 32.1. The maximum absolute atomic E-state index is 11.8. The highest BCUT2D eigenvalue weighted by Crippen LogP contribution is 2.19. The predicted octanol–water partition coefficient (Wildman–Crippen LogP) is 0.791. The number of nitrogens with zero attached hydrogens (tertiary/aromatic N) is 7. The van der Waals surface area contributed by atoms with Crippen LogP contribution in [0.3, 0.4) is 0 Å². The van der Waals surface area contributed by atoms with Crippen LogP contribution in [-0.4, -0.2) is 55.6 Å². The van der Waals surface area contributed by atoms with E-state index < -0.39 is 0 Å². The number of ether oxygens (including phenoxy) is 1. The molecule has 1 aliphatic rings. The van der Waals surface area contributed by atoms with Crippen molar-refractivity contribution in [3.8, 4) is 10.7 Å². The number of hydrogen-bond acceptors (Lipinski definition) is 8. The summed E-state index contributed by atoms with van der Waals surface area (Å²) in [7, 11) is 1.65. The van der Waals surface area contributed by atoms with E-state index in [-0.39, 0.29) is 11.7 Å². The van der Waals surface area contributed by atoms with Crippen LogP contribution < -0.4 is 10.5 Å². The van der Waals surface area contributed by atoms with Crippen molar-refractivity contribution in [2.24, 2.45) is 7.05 Å². The molecule has 0 saturated carbocycles. The number of anilines is 1. The maximum atomic E-state index is 11.8. The molecule has 3 aromatic heterocycles. The zero-order valence-electron chi connectivity index (χ0n) is 14.4. The summed E-state index contributed by atoms with van der Waals surface area (Å²) in [6.45, 7) is 2.82. The van der Waals surface area contributed by atoms with E-state index in [1.807, 2.05) is 16.3 Å². The van der Waals surface area contributed by atoms with Crippen LogP contribution in [0.4, 0.5) is 5.69 Å². The second-order valence-corrected chi connectivity index (χ2v) is 7.00. The molecule has 0 radical (unpaired) electrons. The van der Waals surface area contributed by atoms with Crippen LogP contribution in [0.25, 0.3) is 10.7 Å². The van der Waals surface area contributed by atoms with Crippen molar-refractivity contribution in [3.63, 3.8) is 0 Å². The quantitative estimate of drug-likeness (QED) is 0.653. The molecule has 1 saturated heterocycles. The molecule has 26 heavy (non-hydrogen) atoms. The Bertz CT molecular complexity index is 921. The van der Waals surface area contributed by atoms with Crippen LogP contribution in [-0.2, 0) is 18.3 Å². The first-order valence-corrected chi connectivity index (χ1v) is 9.27. The Balaban J connectivity index is 1.36. The van der Waals surface area contributed by atoms with E-state index in [2.05, 4.69) is 25.3 Å². The van der Waals surface area contributed by atoms with Crippen molar-refractivity contribution >= 4 is 17.0 Å². The van der Waals surface area contributed by atoms with Gasteiger partial charge in [0, 0.05) is 44.3 Å². The average Bonchev–Trinajstić information content (AvgIpc) is 3.34. The Hall–Kier alpha value is -2.59. The number of rotatable bonds is 5. The summed E-state index contributed by atoms with van der Waals surface area (Å²) in [5, 5.41) is 15.2. The van der Waals surface area contributed by atoms with Gasteiger partial charge in [-0.15, -0.1) is 16.4 Å². The molecule has 10 heteroatoms. The number of aromatic nitrogens is 6. The van der Waals surface area contributed by atoms with Crippen LogP contribution in [0.15, 0.2) is 34.8 Å². The maximum Gasteiger partial charge on any atom is 0.268 e. The molecule has 0 bridgehead atoms. The van der Waals surface area contributed by atoms with Crippen molar-refractivity contribution in [1.29, 1.82) is 0 Å². The van der Waals surface area contributed by atoms with Crippen molar-refractivity contribution in [2.75, 3.05) is 24.6 Å². The van der Waals surface area contributed by atoms with Crippen LogP contribution in [0.2, 0.25) is 0 Å². The monoisotopic (exact) mass is 373 g/mol. The van der Waals surface area contributed by atoms with Crippen molar-refractivity contribution in [3.05, 3.63) is 40.4 Å². The van der Waals surface area contributed by atoms with Gasteiger partial charge in [0.15, 0.2) is 0 Å². The second kappa shape index (κ2) is 7.34. The lowest BCUT2D eigenvalue weighted by atomic mass is 10.2. The predicted molar refractivity (Wildman–Crippen MR) is 97.2 cm³/mol. The minimum Gasteiger partial charge on any atom is -0.374 e. The van der Waals surface area contributed by atoms with Crippen molar-refractivity contribution in [1.82, 2.24) is 29.8 Å². The molecule has 0 aromatic carbocycles. The van der Waals surface area contributed by atoms with E-state index in [1.54, 1.807) is 36.8 Å². The van der Waals surface area contributed by atoms with Crippen molar-refractivity contribution in [2.45, 2.75) is 19.1 Å². The second-order valence-electron chi connectivity index (χ2n) is 6.11. The lowest BCUT2D eigenvalue weighted by Crippen LogP contribution is -2.43. The molecule has 0 amide bonds. The van der Waals surface area contributed by atoms with Crippen LogP contribution in [0.5, 0.6) is 0 Å². The third kappa shape index (κ3) is 3.65. The zero-order valence-corrected chi connectivity index (χ0v) is 15.2. The molecule has 0 aliphatic carbocycles. The van der Waals surface area contributed by atoms with Gasteiger partial charge in [-0.2, -0.15) is 5.10 Å². The number of hydrogen-bond donors (Lipinski definition) is 0. The Morgan fingerprint density at radius 3 is 3.15 bits per heavy atom. The molecule has 4 rings (SSSR count). The van der Waals surface area contributed by atoms with Crippen LogP contribution in [0.1, 0.15) is 6.42 Å². The van der Waals surface area contributed by atoms with Gasteiger partial charge >= 0.3 is 0 Å². The average molecular weight is 373 g/mol. The standard InChI is InChI=1S/C16H19N7O2S/c1-21-15(24)8-12(9-18-21)22-5-6-25-13(10-22)2-4-23-11-14(19-20-23)16-17-3-7-26-16/h3,7-9,11,13H,2,4-6,10H2,1H3. The summed E-state index contributed by atoms with van der Waals surface area (Å²) >= 11 is 1.54. The number of morpholine rings is 1. The smallest absolute Gasteiger partial charge is 0.268 e. The molecule has 1 unspecified atom stereocenters. The Labute approximate surface area is 153 Å². The van der Waals surface area contributed by atoms with Crippen LogP contribution in [0, 0.1) is 0 Å². The molecule has 136 valence electrons. The zero-order chi connectivity index (χ0) is 17.9. The summed E-state index contributed by atoms with van der Waals surface area (Å²) in [6.07, 6.45) is 6.27. The SMILES string of the molecule is Cn1ncc(N2CCOC(CCn3cc(-c4nccs4)nn3)C2)cc1=O. The number of aryl methyl sites for hydroxylation is 2. The van der Waals surface area contributed by atoms with E-state index in [1.165, 1.54) is 4.68 Å². The van der Waals surface area contributed by atoms with Gasteiger partial charge < -0.3 is 9.64 Å². The Morgan fingerprint density at radius 1 is 1.42 bits per heavy atom. The van der Waals surface area contributed by atoms with Gasteiger partial charge in [0.2, 0.25) is 0 Å². The van der Waals surface area contributed by atoms with Gasteiger partial charge in [0.05, 0.1) is 30.8 Å². The van der Waals surface area contributed by atoms with Gasteiger partial charge in [-0.05, 0) is 6.42 Å². The normalized spacial score (nSPS) is 17.6. The third-order valence-electron chi connectivity index (χ3n) is 4.33. The first-order valence-electron chi connectivity index (χ1n) is 8.39. The lowest BCUT2D eigenvalue weighted by molar-refractivity contribution is 0.0318. The highest BCUT2D eigenvalue weighted by Gasteiger charge is 2.21. The molecule has 4 heterocycles. The summed E-state index contributed by atoms with van der Waals surface area (Å²) in [5.41, 5.74) is 1.52. The summed E-state index contributed by atoms with van der Waals surface area (Å²) < 4.78 is 9.01. The fourth-order valence-corrected chi connectivity index (χ4v) is 3.48. The molecule has 9 nitrogen and oxygen atoms in total. The van der Waals surface area contributed by atoms with E-state index in [0.29, 0.717) is 13.2 Å². The van der Waals surface area contributed by atoms with Gasteiger partial charge in [-0.3, -0.25) is 9.48 Å². The van der Waals surface area contributed by atoms with E-state index in [9.17, 15) is 4.79 Å². The minimum absolute atomic E-state index is 0.0697. The van der Waals surface area contributed by atoms with Gasteiger partial charge in [0.1, 0.15) is 10.7 Å². The lowest BCUT2D eigenvalue weighted by Gasteiger charge is -2.34. The highest BCUT2D eigenvalue weighted by molar-refractivity contribution is 7.13. The first kappa shape index (κ1) is 16.9. The summed E-state index contributed by atoms with van der Waals surface area (Å²) in [6, 6.07) is 1.62. The fourth-order valence-electron chi connectivity index (χ4n) is 2.89. The van der Waals surface area contributed by atoms with Crippen LogP contribution >= 0.6 is 11.3 Å². The Kier molecular flexibility index (Phi) is 4.76. The summed E-state index contributed by atoms with van der Waals surface area (Å²) in [4.78, 5) is 18.2. The first-order chi connectivity index (χ1) is 12.7. The van der Waals surface area contributed by atoms with Crippen molar-refractivity contribution < 1.29 is 4.74 Å². The molecule has 0 N–H and O–H groups in total. The largest absolute Gasteiger partial charge is 0.374 e. The molecule has 1 aliphatic heterocycles. The van der Waals surface area contributed by atoms with Gasteiger partial charge in [-0.1, -0.05) is 5.21 Å². The third-order valence-corrected chi connectivity index (χ3v) is 5.12. The molecular weight excluding hydrogens is 354 g/mol. The molecular formula is C16H19N7O2S. The number of thiazole rings is 1. The van der Waals surface area contributed by atoms with Gasteiger partial charge in [-0.25, -0.2) is 9.67 Å². The molecule has 1 fully saturated rings. The van der Waals surface area contributed by atoms with E-state index >= 15 is 0 Å². The fraction of sp³-hybridized carbons (Fsp3) is 0.438. The van der Waals surface area contributed by atoms with E-state index in [0.717, 1.165) is 35.9 Å². The Morgan fingerprint density at radius 2 is 2.35 bits per heavy atom. The van der Waals surface area contributed by atoms with E-state index in [4.69, 9.17) is 4.74 Å². The van der Waals surface area contributed by atoms with Gasteiger partial charge in [0.25, 0.3) is 5.56 Å². The summed E-state index contributed by atoms with van der Waals surface area (Å²) in [5.74, 6) is 0. The molecule has 1 atom stereocenters. The molecule has 0 spiro atoms.